The molecule has 4 heteroatoms. The number of nitrogens with one attached hydrogen (secondary N) is 1. The third-order valence-electron chi connectivity index (χ3n) is 2.21. The summed E-state index contributed by atoms with van der Waals surface area (Å²) in [5, 5.41) is 2.90. The van der Waals surface area contributed by atoms with Crippen LogP contribution >= 0.6 is 0 Å². The van der Waals surface area contributed by atoms with Crippen LogP contribution in [-0.2, 0) is 9.22 Å². The highest BCUT2D eigenvalue weighted by Gasteiger charge is 2.22. The Kier molecular flexibility index (Phi) is 4.10. The van der Waals surface area contributed by atoms with Crippen LogP contribution in [0.4, 0.5) is 0 Å². The van der Waals surface area contributed by atoms with E-state index in [4.69, 9.17) is 4.43 Å². The maximum Gasteiger partial charge on any atom is 0.217 e. The number of hydrogen-bond acceptors (Lipinski definition) is 2. The molecule has 3 nitrogen and oxygen atoms in total. The van der Waals surface area contributed by atoms with E-state index in [2.05, 4.69) is 37.1 Å². The Labute approximate surface area is 93.0 Å². The second-order valence-corrected chi connectivity index (χ2v) is 9.50. The first-order valence-corrected chi connectivity index (χ1v) is 8.91. The number of carbonyl (C=O) groups is 1. The molecule has 0 spiro atoms. The van der Waals surface area contributed by atoms with Gasteiger partial charge in [-0.3, -0.25) is 4.79 Å². The molecule has 0 aromatic rings. The number of hydrogen-bond donors (Lipinski definition) is 1. The molecule has 15 heavy (non-hydrogen) atoms. The van der Waals surface area contributed by atoms with Crippen molar-refractivity contribution in [3.8, 4) is 0 Å². The van der Waals surface area contributed by atoms with Gasteiger partial charge in [0.1, 0.15) is 0 Å². The van der Waals surface area contributed by atoms with E-state index < -0.39 is 8.32 Å². The van der Waals surface area contributed by atoms with E-state index in [-0.39, 0.29) is 18.1 Å². The summed E-state index contributed by atoms with van der Waals surface area (Å²) in [6.45, 7) is 8.14. The fraction of sp³-hybridized carbons (Fsp3) is 0.727. The van der Waals surface area contributed by atoms with Gasteiger partial charge in [-0.05, 0) is 32.5 Å². The lowest BCUT2D eigenvalue weighted by Gasteiger charge is -2.28. The van der Waals surface area contributed by atoms with Crippen molar-refractivity contribution >= 4 is 14.2 Å². The van der Waals surface area contributed by atoms with Gasteiger partial charge in [0.25, 0.3) is 0 Å². The highest BCUT2D eigenvalue weighted by Crippen LogP contribution is 2.18. The molecule has 0 saturated heterocycles. The van der Waals surface area contributed by atoms with Crippen molar-refractivity contribution in [2.75, 3.05) is 0 Å². The van der Waals surface area contributed by atoms with Crippen LogP contribution in [-0.4, -0.2) is 26.4 Å². The van der Waals surface area contributed by atoms with Gasteiger partial charge in [-0.1, -0.05) is 12.2 Å². The summed E-state index contributed by atoms with van der Waals surface area (Å²) >= 11 is 0. The van der Waals surface area contributed by atoms with Crippen molar-refractivity contribution in [2.45, 2.75) is 51.6 Å². The topological polar surface area (TPSA) is 38.3 Å². The standard InChI is InChI=1S/C11H21NO2Si/c1-9(13)12-10-5-7-11(8-6-10)14-15(2,3)4/h5,7,10-11H,6,8H2,1-4H3,(H,12,13). The summed E-state index contributed by atoms with van der Waals surface area (Å²) in [6, 6.07) is 0.198. The van der Waals surface area contributed by atoms with E-state index in [0.29, 0.717) is 0 Å². The molecule has 0 heterocycles. The Morgan fingerprint density at radius 1 is 1.33 bits per heavy atom. The van der Waals surface area contributed by atoms with Crippen molar-refractivity contribution < 1.29 is 9.22 Å². The monoisotopic (exact) mass is 227 g/mol. The number of amides is 1. The summed E-state index contributed by atoms with van der Waals surface area (Å²) in [5.41, 5.74) is 0. The molecule has 1 amide bonds. The van der Waals surface area contributed by atoms with E-state index in [0.717, 1.165) is 12.8 Å². The van der Waals surface area contributed by atoms with Crippen molar-refractivity contribution in [3.05, 3.63) is 12.2 Å². The lowest BCUT2D eigenvalue weighted by molar-refractivity contribution is -0.119. The quantitative estimate of drug-likeness (QED) is 0.592. The van der Waals surface area contributed by atoms with Gasteiger partial charge in [0.2, 0.25) is 5.91 Å². The van der Waals surface area contributed by atoms with E-state index in [9.17, 15) is 4.79 Å². The SMILES string of the molecule is CC(=O)NC1C=CC(O[Si](C)(C)C)CC1. The minimum Gasteiger partial charge on any atom is -0.411 e. The molecule has 0 saturated carbocycles. The second-order valence-electron chi connectivity index (χ2n) is 5.04. The highest BCUT2D eigenvalue weighted by molar-refractivity contribution is 6.69. The molecule has 1 N–H and O–H groups in total. The predicted octanol–water partition coefficient (Wildman–Crippen LogP) is 2.06. The first kappa shape index (κ1) is 12.5. The van der Waals surface area contributed by atoms with Gasteiger partial charge in [-0.15, -0.1) is 0 Å². The molecule has 1 rings (SSSR count). The molecule has 1 aliphatic carbocycles. The fourth-order valence-electron chi connectivity index (χ4n) is 1.73. The Balaban J connectivity index is 2.41. The molecule has 86 valence electrons. The lowest BCUT2D eigenvalue weighted by Crippen LogP contribution is -2.37. The lowest BCUT2D eigenvalue weighted by atomic mass is 10.0. The molecule has 2 unspecified atom stereocenters. The van der Waals surface area contributed by atoms with E-state index in [1.807, 2.05) is 0 Å². The van der Waals surface area contributed by atoms with Crippen LogP contribution < -0.4 is 5.32 Å². The number of carbonyl (C=O) groups excluding carboxylic acids is 1. The molecule has 0 aromatic carbocycles. The van der Waals surface area contributed by atoms with Gasteiger partial charge in [0, 0.05) is 13.0 Å². The molecule has 0 fully saturated rings. The Bertz CT molecular complexity index is 258. The highest BCUT2D eigenvalue weighted by atomic mass is 28.4. The van der Waals surface area contributed by atoms with Crippen LogP contribution in [0.2, 0.25) is 19.6 Å². The first-order chi connectivity index (χ1) is 6.87. The fourth-order valence-corrected chi connectivity index (χ4v) is 2.83. The Hall–Kier alpha value is -0.613. The van der Waals surface area contributed by atoms with Crippen molar-refractivity contribution in [2.24, 2.45) is 0 Å². The maximum atomic E-state index is 10.9. The van der Waals surface area contributed by atoms with Crippen LogP contribution in [0.1, 0.15) is 19.8 Å². The van der Waals surface area contributed by atoms with Crippen LogP contribution in [0.5, 0.6) is 0 Å². The van der Waals surface area contributed by atoms with E-state index in [1.54, 1.807) is 6.92 Å². The zero-order chi connectivity index (χ0) is 11.5. The van der Waals surface area contributed by atoms with Crippen LogP contribution in [0.3, 0.4) is 0 Å². The minimum absolute atomic E-state index is 0.0363. The molecule has 1 aliphatic rings. The van der Waals surface area contributed by atoms with Crippen molar-refractivity contribution in [1.29, 1.82) is 0 Å². The normalized spacial score (nSPS) is 26.4. The van der Waals surface area contributed by atoms with Crippen LogP contribution in [0, 0.1) is 0 Å². The van der Waals surface area contributed by atoms with Crippen LogP contribution in [0.25, 0.3) is 0 Å². The van der Waals surface area contributed by atoms with Crippen molar-refractivity contribution in [3.63, 3.8) is 0 Å². The Morgan fingerprint density at radius 2 is 2.00 bits per heavy atom. The van der Waals surface area contributed by atoms with E-state index >= 15 is 0 Å². The molecular weight excluding hydrogens is 206 g/mol. The number of rotatable bonds is 3. The molecule has 0 aromatic heterocycles. The van der Waals surface area contributed by atoms with Gasteiger partial charge < -0.3 is 9.74 Å². The average Bonchev–Trinajstić information content (AvgIpc) is 2.05. The minimum atomic E-state index is -1.44. The summed E-state index contributed by atoms with van der Waals surface area (Å²) < 4.78 is 5.97. The van der Waals surface area contributed by atoms with Crippen LogP contribution in [0.15, 0.2) is 12.2 Å². The summed E-state index contributed by atoms with van der Waals surface area (Å²) in [4.78, 5) is 10.9. The van der Waals surface area contributed by atoms with Gasteiger partial charge in [0.05, 0.1) is 6.10 Å². The third-order valence-corrected chi connectivity index (χ3v) is 3.22. The smallest absolute Gasteiger partial charge is 0.217 e. The molecule has 2 atom stereocenters. The maximum absolute atomic E-state index is 10.9. The van der Waals surface area contributed by atoms with Crippen molar-refractivity contribution in [1.82, 2.24) is 5.32 Å². The summed E-state index contributed by atoms with van der Waals surface area (Å²) in [5.74, 6) is 0.0363. The van der Waals surface area contributed by atoms with E-state index in [1.165, 1.54) is 0 Å². The summed E-state index contributed by atoms with van der Waals surface area (Å²) in [7, 11) is -1.44. The zero-order valence-corrected chi connectivity index (χ0v) is 11.0. The van der Waals surface area contributed by atoms with Gasteiger partial charge in [-0.2, -0.15) is 0 Å². The molecular formula is C11H21NO2Si. The molecule has 0 bridgehead atoms. The molecule has 0 radical (unpaired) electrons. The molecule has 0 aliphatic heterocycles. The predicted molar refractivity (Wildman–Crippen MR) is 64.2 cm³/mol. The third kappa shape index (κ3) is 5.13. The largest absolute Gasteiger partial charge is 0.411 e. The zero-order valence-electron chi connectivity index (χ0n) is 10.0. The van der Waals surface area contributed by atoms with Gasteiger partial charge in [0.15, 0.2) is 8.32 Å². The average molecular weight is 227 g/mol. The second kappa shape index (κ2) is 4.94. The Morgan fingerprint density at radius 3 is 2.40 bits per heavy atom. The van der Waals surface area contributed by atoms with Gasteiger partial charge in [-0.25, -0.2) is 0 Å². The summed E-state index contributed by atoms with van der Waals surface area (Å²) in [6.07, 6.45) is 6.37. The van der Waals surface area contributed by atoms with Gasteiger partial charge >= 0.3 is 0 Å². The first-order valence-electron chi connectivity index (χ1n) is 5.50.